The lowest BCUT2D eigenvalue weighted by Gasteiger charge is -2.19. The third-order valence-corrected chi connectivity index (χ3v) is 7.62. The molecule has 1 aliphatic heterocycles. The molecule has 7 heteroatoms. The zero-order chi connectivity index (χ0) is 25.6. The zero-order valence-electron chi connectivity index (χ0n) is 21.7. The van der Waals surface area contributed by atoms with E-state index in [1.165, 1.54) is 25.7 Å². The molecular formula is C30H38N4O3. The summed E-state index contributed by atoms with van der Waals surface area (Å²) in [6.45, 7) is 6.26. The summed E-state index contributed by atoms with van der Waals surface area (Å²) in [6.07, 6.45) is 6.57. The van der Waals surface area contributed by atoms with Gasteiger partial charge in [-0.25, -0.2) is 0 Å². The molecule has 5 rings (SSSR count). The number of rotatable bonds is 12. The van der Waals surface area contributed by atoms with Crippen LogP contribution in [0.15, 0.2) is 48.5 Å². The van der Waals surface area contributed by atoms with Gasteiger partial charge in [0, 0.05) is 24.0 Å². The highest BCUT2D eigenvalue weighted by Crippen LogP contribution is 2.34. The number of benzene rings is 2. The summed E-state index contributed by atoms with van der Waals surface area (Å²) in [5.41, 5.74) is 3.32. The minimum Gasteiger partial charge on any atom is -0.492 e. The lowest BCUT2D eigenvalue weighted by molar-refractivity contribution is -0.123. The SMILES string of the molecule is Cc1c(C(=O)NC(CCC2CC2)C(=O)NCc2cccc(OCCN3CCCC3)c2)[nH]c2ccccc12. The fourth-order valence-corrected chi connectivity index (χ4v) is 5.17. The minimum atomic E-state index is -0.571. The molecule has 7 nitrogen and oxygen atoms in total. The molecule has 2 aliphatic rings. The van der Waals surface area contributed by atoms with Gasteiger partial charge < -0.3 is 20.4 Å². The summed E-state index contributed by atoms with van der Waals surface area (Å²) in [6, 6.07) is 15.2. The standard InChI is InChI=1S/C30H38N4O3/c1-21-25-9-2-3-10-26(25)32-28(21)30(36)33-27(14-13-22-11-12-22)29(35)31-20-23-7-6-8-24(19-23)37-18-17-34-15-4-5-16-34/h2-3,6-10,19,22,27,32H,4-5,11-18,20H2,1H3,(H,31,35)(H,33,36). The van der Waals surface area contributed by atoms with Crippen LogP contribution in [-0.4, -0.2) is 54.0 Å². The number of hydrogen-bond donors (Lipinski definition) is 3. The number of nitrogens with one attached hydrogen (secondary N) is 3. The summed E-state index contributed by atoms with van der Waals surface area (Å²) < 4.78 is 5.96. The molecule has 1 aliphatic carbocycles. The van der Waals surface area contributed by atoms with E-state index in [9.17, 15) is 9.59 Å². The van der Waals surface area contributed by atoms with Gasteiger partial charge in [-0.05, 0) is 80.9 Å². The average molecular weight is 503 g/mol. The van der Waals surface area contributed by atoms with Crippen LogP contribution in [0.25, 0.3) is 10.9 Å². The number of carbonyl (C=O) groups excluding carboxylic acids is 2. The van der Waals surface area contributed by atoms with Gasteiger partial charge in [-0.2, -0.15) is 0 Å². The van der Waals surface area contributed by atoms with Gasteiger partial charge in [0.2, 0.25) is 5.91 Å². The predicted molar refractivity (Wildman–Crippen MR) is 146 cm³/mol. The summed E-state index contributed by atoms with van der Waals surface area (Å²) in [5, 5.41) is 7.07. The maximum atomic E-state index is 13.2. The van der Waals surface area contributed by atoms with Crippen molar-refractivity contribution >= 4 is 22.7 Å². The van der Waals surface area contributed by atoms with Gasteiger partial charge in [0.05, 0.1) is 0 Å². The van der Waals surface area contributed by atoms with Crippen LogP contribution < -0.4 is 15.4 Å². The molecule has 0 bridgehead atoms. The van der Waals surface area contributed by atoms with Crippen molar-refractivity contribution in [3.63, 3.8) is 0 Å². The monoisotopic (exact) mass is 502 g/mol. The Bertz CT molecular complexity index is 1230. The molecule has 37 heavy (non-hydrogen) atoms. The highest BCUT2D eigenvalue weighted by atomic mass is 16.5. The number of likely N-dealkylation sites (tertiary alicyclic amines) is 1. The van der Waals surface area contributed by atoms with Crippen LogP contribution in [0.5, 0.6) is 5.75 Å². The molecule has 0 spiro atoms. The first kappa shape index (κ1) is 25.3. The van der Waals surface area contributed by atoms with Crippen molar-refractivity contribution in [2.45, 2.75) is 58.0 Å². The van der Waals surface area contributed by atoms with Gasteiger partial charge in [-0.15, -0.1) is 0 Å². The lowest BCUT2D eigenvalue weighted by atomic mass is 10.1. The molecule has 1 saturated carbocycles. The molecule has 2 fully saturated rings. The molecule has 196 valence electrons. The molecule has 3 N–H and O–H groups in total. The Hall–Kier alpha value is -3.32. The van der Waals surface area contributed by atoms with Crippen LogP contribution in [0.1, 0.15) is 60.1 Å². The van der Waals surface area contributed by atoms with Crippen molar-refractivity contribution in [1.82, 2.24) is 20.5 Å². The lowest BCUT2D eigenvalue weighted by Crippen LogP contribution is -2.46. The van der Waals surface area contributed by atoms with E-state index in [1.807, 2.05) is 55.5 Å². The normalized spacial score (nSPS) is 16.6. The van der Waals surface area contributed by atoms with Crippen molar-refractivity contribution in [2.75, 3.05) is 26.2 Å². The first-order valence-corrected chi connectivity index (χ1v) is 13.7. The van der Waals surface area contributed by atoms with Gasteiger partial charge in [-0.3, -0.25) is 14.5 Å². The van der Waals surface area contributed by atoms with E-state index in [4.69, 9.17) is 4.74 Å². The Morgan fingerprint density at radius 2 is 1.92 bits per heavy atom. The quantitative estimate of drug-likeness (QED) is 0.339. The van der Waals surface area contributed by atoms with Crippen molar-refractivity contribution in [3.05, 3.63) is 65.4 Å². The average Bonchev–Trinajstić information content (AvgIpc) is 3.48. The number of ether oxygens (including phenoxy) is 1. The third kappa shape index (κ3) is 6.72. The second kappa shape index (κ2) is 11.8. The van der Waals surface area contributed by atoms with Crippen molar-refractivity contribution in [2.24, 2.45) is 5.92 Å². The number of hydrogen-bond acceptors (Lipinski definition) is 4. The fourth-order valence-electron chi connectivity index (χ4n) is 5.17. The predicted octanol–water partition coefficient (Wildman–Crippen LogP) is 4.56. The number of amides is 2. The number of aromatic amines is 1. The molecule has 2 amide bonds. The second-order valence-electron chi connectivity index (χ2n) is 10.5. The smallest absolute Gasteiger partial charge is 0.268 e. The topological polar surface area (TPSA) is 86.5 Å². The van der Waals surface area contributed by atoms with E-state index in [2.05, 4.69) is 20.5 Å². The van der Waals surface area contributed by atoms with Crippen LogP contribution in [0.2, 0.25) is 0 Å². The largest absolute Gasteiger partial charge is 0.492 e. The summed E-state index contributed by atoms with van der Waals surface area (Å²) in [7, 11) is 0. The van der Waals surface area contributed by atoms with E-state index >= 15 is 0 Å². The van der Waals surface area contributed by atoms with Crippen LogP contribution in [-0.2, 0) is 11.3 Å². The van der Waals surface area contributed by atoms with Crippen LogP contribution in [0, 0.1) is 12.8 Å². The zero-order valence-corrected chi connectivity index (χ0v) is 21.7. The Kier molecular flexibility index (Phi) is 8.09. The van der Waals surface area contributed by atoms with Crippen LogP contribution >= 0.6 is 0 Å². The Morgan fingerprint density at radius 3 is 2.70 bits per heavy atom. The Labute approximate surface area is 219 Å². The van der Waals surface area contributed by atoms with E-state index in [0.29, 0.717) is 31.2 Å². The van der Waals surface area contributed by atoms with E-state index < -0.39 is 6.04 Å². The second-order valence-corrected chi connectivity index (χ2v) is 10.5. The van der Waals surface area contributed by atoms with Gasteiger partial charge in [0.25, 0.3) is 5.91 Å². The summed E-state index contributed by atoms with van der Waals surface area (Å²) in [4.78, 5) is 32.0. The third-order valence-electron chi connectivity index (χ3n) is 7.62. The maximum absolute atomic E-state index is 13.2. The number of H-pyrrole nitrogens is 1. The van der Waals surface area contributed by atoms with Crippen molar-refractivity contribution < 1.29 is 14.3 Å². The molecule has 2 aromatic carbocycles. The summed E-state index contributed by atoms with van der Waals surface area (Å²) >= 11 is 0. The van der Waals surface area contributed by atoms with Crippen molar-refractivity contribution in [3.8, 4) is 5.75 Å². The highest BCUT2D eigenvalue weighted by Gasteiger charge is 2.27. The highest BCUT2D eigenvalue weighted by molar-refractivity contribution is 6.02. The van der Waals surface area contributed by atoms with E-state index in [0.717, 1.165) is 53.8 Å². The minimum absolute atomic E-state index is 0.150. The molecule has 1 atom stereocenters. The van der Waals surface area contributed by atoms with Crippen LogP contribution in [0.3, 0.4) is 0 Å². The van der Waals surface area contributed by atoms with Crippen LogP contribution in [0.4, 0.5) is 0 Å². The molecular weight excluding hydrogens is 464 g/mol. The number of fused-ring (bicyclic) bond motifs is 1. The van der Waals surface area contributed by atoms with Gasteiger partial charge in [0.15, 0.2) is 0 Å². The first-order valence-electron chi connectivity index (χ1n) is 13.7. The maximum Gasteiger partial charge on any atom is 0.268 e. The number of aromatic nitrogens is 1. The summed E-state index contributed by atoms with van der Waals surface area (Å²) in [5.74, 6) is 1.11. The Balaban J connectivity index is 1.18. The molecule has 2 heterocycles. The fraction of sp³-hybridized carbons (Fsp3) is 0.467. The molecule has 1 unspecified atom stereocenters. The molecule has 1 saturated heterocycles. The number of para-hydroxylation sites is 1. The molecule has 1 aromatic heterocycles. The number of aryl methyl sites for hydroxylation is 1. The number of carbonyl (C=O) groups is 2. The van der Waals surface area contributed by atoms with Crippen molar-refractivity contribution in [1.29, 1.82) is 0 Å². The Morgan fingerprint density at radius 1 is 1.11 bits per heavy atom. The molecule has 3 aromatic rings. The van der Waals surface area contributed by atoms with Gasteiger partial charge in [-0.1, -0.05) is 43.2 Å². The first-order chi connectivity index (χ1) is 18.1. The van der Waals surface area contributed by atoms with E-state index in [1.54, 1.807) is 0 Å². The van der Waals surface area contributed by atoms with E-state index in [-0.39, 0.29) is 11.8 Å². The van der Waals surface area contributed by atoms with Gasteiger partial charge in [0.1, 0.15) is 24.1 Å². The number of nitrogens with zero attached hydrogens (tertiary/aromatic N) is 1. The van der Waals surface area contributed by atoms with Gasteiger partial charge >= 0.3 is 0 Å². The molecule has 0 radical (unpaired) electrons.